The van der Waals surface area contributed by atoms with Crippen LogP contribution in [0.4, 0.5) is 8.78 Å². The second-order valence-corrected chi connectivity index (χ2v) is 11.8. The molecule has 2 heterocycles. The fraction of sp³-hybridized carbons (Fsp3) is 0.391. The summed E-state index contributed by atoms with van der Waals surface area (Å²) in [7, 11) is -3.18. The molecule has 2 saturated heterocycles. The Morgan fingerprint density at radius 2 is 1.91 bits per heavy atom. The Labute approximate surface area is 208 Å². The van der Waals surface area contributed by atoms with Crippen molar-refractivity contribution >= 4 is 45.7 Å². The summed E-state index contributed by atoms with van der Waals surface area (Å²) in [5.41, 5.74) is -0.0612. The Hall–Kier alpha value is -2.23. The lowest BCUT2D eigenvalue weighted by Gasteiger charge is -2.45. The first-order valence-electron chi connectivity index (χ1n) is 10.6. The van der Waals surface area contributed by atoms with Gasteiger partial charge in [0, 0.05) is 23.2 Å². The number of hydrogen-bond acceptors (Lipinski definition) is 4. The van der Waals surface area contributed by atoms with Crippen LogP contribution >= 0.6 is 24.0 Å². The first-order chi connectivity index (χ1) is 15.4. The van der Waals surface area contributed by atoms with Gasteiger partial charge in [-0.15, -0.1) is 12.4 Å². The van der Waals surface area contributed by atoms with Crippen molar-refractivity contribution in [1.29, 1.82) is 5.41 Å². The van der Waals surface area contributed by atoms with Crippen LogP contribution in [0.5, 0.6) is 0 Å². The molecule has 0 radical (unpaired) electrons. The number of benzene rings is 2. The number of rotatable bonds is 3. The van der Waals surface area contributed by atoms with Gasteiger partial charge >= 0.3 is 0 Å². The van der Waals surface area contributed by atoms with Crippen molar-refractivity contribution < 1.29 is 22.0 Å². The van der Waals surface area contributed by atoms with Crippen molar-refractivity contribution in [3.63, 3.8) is 0 Å². The standard InChI is InChI=1S/C23H24ClF2N3O3S.ClH/c1-13-10-15(8-9-33(13,31)32)29-20(30)12-23(2,28-22(29)27)18-5-3-4-17(21(18)24)16-7-6-14(25)11-19(16)26;/h3-7,11,13,15H,8-10,12H2,1-2H3,(H2,27,28);1H/t13-,15+,23+;/m1./s1. The average molecular weight is 532 g/mol. The van der Waals surface area contributed by atoms with Gasteiger partial charge in [-0.3, -0.25) is 15.1 Å². The van der Waals surface area contributed by atoms with E-state index in [-0.39, 0.29) is 65.9 Å². The lowest BCUT2D eigenvalue weighted by Crippen LogP contribution is -2.63. The van der Waals surface area contributed by atoms with Crippen molar-refractivity contribution in [2.24, 2.45) is 0 Å². The van der Waals surface area contributed by atoms with E-state index in [1.54, 1.807) is 32.0 Å². The summed E-state index contributed by atoms with van der Waals surface area (Å²) in [6.07, 6.45) is 0.524. The van der Waals surface area contributed by atoms with E-state index < -0.39 is 32.3 Å². The number of nitrogens with zero attached hydrogens (tertiary/aromatic N) is 1. The normalized spacial score (nSPS) is 26.6. The first-order valence-corrected chi connectivity index (χ1v) is 12.7. The number of hydrogen-bond donors (Lipinski definition) is 2. The fourth-order valence-corrected chi connectivity index (χ4v) is 6.64. The minimum Gasteiger partial charge on any atom is -0.346 e. The van der Waals surface area contributed by atoms with Crippen LogP contribution in [0.25, 0.3) is 11.1 Å². The Balaban J connectivity index is 0.00000324. The average Bonchev–Trinajstić information content (AvgIpc) is 2.71. The fourth-order valence-electron chi connectivity index (χ4n) is 4.68. The Morgan fingerprint density at radius 3 is 2.53 bits per heavy atom. The highest BCUT2D eigenvalue weighted by Crippen LogP contribution is 2.40. The predicted octanol–water partition coefficient (Wildman–Crippen LogP) is 4.64. The smallest absolute Gasteiger partial charge is 0.232 e. The molecule has 2 N–H and O–H groups in total. The molecule has 2 aliphatic heterocycles. The minimum atomic E-state index is -3.18. The van der Waals surface area contributed by atoms with E-state index in [9.17, 15) is 22.0 Å². The van der Waals surface area contributed by atoms with Crippen LogP contribution in [0.15, 0.2) is 36.4 Å². The highest BCUT2D eigenvalue weighted by molar-refractivity contribution is 7.92. The van der Waals surface area contributed by atoms with Crippen LogP contribution in [0.3, 0.4) is 0 Å². The largest absolute Gasteiger partial charge is 0.346 e. The molecule has 6 nitrogen and oxygen atoms in total. The molecule has 0 bridgehead atoms. The van der Waals surface area contributed by atoms with Gasteiger partial charge in [0.25, 0.3) is 0 Å². The summed E-state index contributed by atoms with van der Waals surface area (Å²) < 4.78 is 51.9. The lowest BCUT2D eigenvalue weighted by molar-refractivity contribution is -0.132. The number of amides is 1. The molecule has 2 aliphatic rings. The van der Waals surface area contributed by atoms with E-state index in [1.165, 1.54) is 11.0 Å². The van der Waals surface area contributed by atoms with Gasteiger partial charge < -0.3 is 5.32 Å². The van der Waals surface area contributed by atoms with Crippen LogP contribution in [-0.2, 0) is 20.2 Å². The van der Waals surface area contributed by atoms with Gasteiger partial charge in [0.2, 0.25) is 5.91 Å². The maximum Gasteiger partial charge on any atom is 0.232 e. The third-order valence-corrected chi connectivity index (χ3v) is 9.17. The zero-order chi connectivity index (χ0) is 24.1. The van der Waals surface area contributed by atoms with Gasteiger partial charge in [-0.05, 0) is 44.4 Å². The Bertz CT molecular complexity index is 1240. The van der Waals surface area contributed by atoms with Gasteiger partial charge in [-0.25, -0.2) is 17.2 Å². The number of sulfone groups is 1. The van der Waals surface area contributed by atoms with Crippen molar-refractivity contribution in [3.8, 4) is 11.1 Å². The Morgan fingerprint density at radius 1 is 1.21 bits per heavy atom. The van der Waals surface area contributed by atoms with Crippen LogP contribution < -0.4 is 5.32 Å². The molecule has 4 rings (SSSR count). The quantitative estimate of drug-likeness (QED) is 0.603. The van der Waals surface area contributed by atoms with E-state index >= 15 is 0 Å². The second kappa shape index (κ2) is 9.43. The monoisotopic (exact) mass is 531 g/mol. The Kier molecular flexibility index (Phi) is 7.32. The van der Waals surface area contributed by atoms with Crippen LogP contribution in [-0.4, -0.2) is 42.2 Å². The van der Waals surface area contributed by atoms with Gasteiger partial charge in [-0.1, -0.05) is 29.8 Å². The van der Waals surface area contributed by atoms with Crippen molar-refractivity contribution in [3.05, 3.63) is 58.6 Å². The molecule has 34 heavy (non-hydrogen) atoms. The van der Waals surface area contributed by atoms with Gasteiger partial charge in [0.15, 0.2) is 15.8 Å². The van der Waals surface area contributed by atoms with E-state index in [2.05, 4.69) is 5.32 Å². The summed E-state index contributed by atoms with van der Waals surface area (Å²) >= 11 is 6.65. The predicted molar refractivity (Wildman–Crippen MR) is 130 cm³/mol. The van der Waals surface area contributed by atoms with Crippen LogP contribution in [0, 0.1) is 17.0 Å². The topological polar surface area (TPSA) is 90.3 Å². The summed E-state index contributed by atoms with van der Waals surface area (Å²) in [6.45, 7) is 3.35. The third kappa shape index (κ3) is 4.65. The highest BCUT2D eigenvalue weighted by atomic mass is 35.5. The summed E-state index contributed by atoms with van der Waals surface area (Å²) in [4.78, 5) is 14.5. The van der Waals surface area contributed by atoms with E-state index in [1.807, 2.05) is 0 Å². The van der Waals surface area contributed by atoms with Crippen LogP contribution in [0.1, 0.15) is 38.7 Å². The molecule has 2 fully saturated rings. The molecule has 184 valence electrons. The molecule has 0 spiro atoms. The summed E-state index contributed by atoms with van der Waals surface area (Å²) in [5, 5.41) is 11.2. The number of carbonyl (C=O) groups is 1. The molecule has 0 aromatic heterocycles. The van der Waals surface area contributed by atoms with E-state index in [0.29, 0.717) is 11.1 Å². The number of nitrogens with one attached hydrogen (secondary N) is 2. The van der Waals surface area contributed by atoms with Crippen molar-refractivity contribution in [2.75, 3.05) is 5.75 Å². The molecule has 3 atom stereocenters. The second-order valence-electron chi connectivity index (χ2n) is 8.89. The van der Waals surface area contributed by atoms with Gasteiger partial charge in [0.05, 0.1) is 28.0 Å². The summed E-state index contributed by atoms with van der Waals surface area (Å²) in [5.74, 6) is -1.92. The molecule has 2 aromatic rings. The van der Waals surface area contributed by atoms with E-state index in [4.69, 9.17) is 17.0 Å². The number of carbonyl (C=O) groups excluding carboxylic acids is 1. The number of guanidine groups is 1. The van der Waals surface area contributed by atoms with Gasteiger partial charge in [0.1, 0.15) is 11.6 Å². The SMILES string of the molecule is C[C@@H]1C[C@@H](N2C(=N)N[C@](C)(c3cccc(-c4ccc(F)cc4F)c3Cl)CC2=O)CCS1(=O)=O.Cl. The van der Waals surface area contributed by atoms with Crippen molar-refractivity contribution in [2.45, 2.75) is 49.9 Å². The maximum atomic E-state index is 14.4. The van der Waals surface area contributed by atoms with Crippen LogP contribution in [0.2, 0.25) is 5.02 Å². The molecule has 11 heteroatoms. The molecule has 0 unspecified atom stereocenters. The molecule has 0 saturated carbocycles. The zero-order valence-corrected chi connectivity index (χ0v) is 21.0. The van der Waals surface area contributed by atoms with E-state index in [0.717, 1.165) is 12.1 Å². The highest BCUT2D eigenvalue weighted by Gasteiger charge is 2.45. The van der Waals surface area contributed by atoms with Crippen molar-refractivity contribution in [1.82, 2.24) is 10.2 Å². The minimum absolute atomic E-state index is 0. The van der Waals surface area contributed by atoms with Gasteiger partial charge in [-0.2, -0.15) is 0 Å². The first kappa shape index (κ1) is 26.4. The summed E-state index contributed by atoms with van der Waals surface area (Å²) in [6, 6.07) is 7.82. The molecule has 2 aromatic carbocycles. The molecule has 0 aliphatic carbocycles. The lowest BCUT2D eigenvalue weighted by atomic mass is 9.84. The number of halogens is 4. The zero-order valence-electron chi connectivity index (χ0n) is 18.6. The molecule has 1 amide bonds. The third-order valence-electron chi connectivity index (χ3n) is 6.54. The maximum absolute atomic E-state index is 14.4. The molecular formula is C23H25Cl2F2N3O3S. The molecular weight excluding hydrogens is 507 g/mol.